The quantitative estimate of drug-likeness (QED) is 0.441. The van der Waals surface area contributed by atoms with Crippen LogP contribution in [0.1, 0.15) is 52.9 Å². The molecule has 0 saturated carbocycles. The van der Waals surface area contributed by atoms with Crippen molar-refractivity contribution >= 4 is 35.2 Å². The summed E-state index contributed by atoms with van der Waals surface area (Å²) in [6.45, 7) is 6.52. The van der Waals surface area contributed by atoms with E-state index < -0.39 is 28.7 Å². The summed E-state index contributed by atoms with van der Waals surface area (Å²) in [6, 6.07) is 8.18. The zero-order valence-corrected chi connectivity index (χ0v) is 21.1. The van der Waals surface area contributed by atoms with Crippen LogP contribution in [0, 0.1) is 17.8 Å². The second-order valence-electron chi connectivity index (χ2n) is 9.90. The third-order valence-corrected chi connectivity index (χ3v) is 10.0. The molecule has 3 aliphatic rings. The van der Waals surface area contributed by atoms with E-state index >= 15 is 0 Å². The number of aliphatic hydroxyl groups excluding tert-OH is 1. The maximum absolute atomic E-state index is 14.0. The number of hydrogen-bond donors (Lipinski definition) is 3. The first kappa shape index (κ1) is 25.0. The van der Waals surface area contributed by atoms with Gasteiger partial charge in [0.1, 0.15) is 6.04 Å². The molecule has 3 N–H and O–H groups in total. The van der Waals surface area contributed by atoms with Gasteiger partial charge in [-0.2, -0.15) is 0 Å². The van der Waals surface area contributed by atoms with Crippen molar-refractivity contribution in [1.82, 2.24) is 10.2 Å². The molecular weight excluding hydrogens is 450 g/mol. The molecule has 3 heterocycles. The summed E-state index contributed by atoms with van der Waals surface area (Å²) < 4.78 is -0.655. The molecule has 3 saturated heterocycles. The Morgan fingerprint density at radius 1 is 1.21 bits per heavy atom. The molecule has 34 heavy (non-hydrogen) atoms. The van der Waals surface area contributed by atoms with Gasteiger partial charge in [0, 0.05) is 17.5 Å². The fourth-order valence-electron chi connectivity index (χ4n) is 6.30. The third-order valence-electron chi connectivity index (χ3n) is 7.93. The molecule has 8 heteroatoms. The van der Waals surface area contributed by atoms with E-state index in [1.54, 1.807) is 16.7 Å². The average molecular weight is 488 g/mol. The minimum absolute atomic E-state index is 0.000549. The third kappa shape index (κ3) is 4.02. The molecule has 1 aromatic rings. The summed E-state index contributed by atoms with van der Waals surface area (Å²) >= 11 is 1.66. The van der Waals surface area contributed by atoms with Crippen molar-refractivity contribution in [3.8, 4) is 0 Å². The number of hydrogen-bond acceptors (Lipinski definition) is 5. The van der Waals surface area contributed by atoms with Crippen LogP contribution in [0.25, 0.3) is 0 Å². The highest BCUT2D eigenvalue weighted by Crippen LogP contribution is 2.68. The summed E-state index contributed by atoms with van der Waals surface area (Å²) in [6.07, 6.45) is 4.33. The Kier molecular flexibility index (Phi) is 7.57. The van der Waals surface area contributed by atoms with Gasteiger partial charge in [-0.1, -0.05) is 51.8 Å². The predicted molar refractivity (Wildman–Crippen MR) is 134 cm³/mol. The molecule has 1 spiro atoms. The Labute approximate surface area is 206 Å². The second kappa shape index (κ2) is 10.3. The van der Waals surface area contributed by atoms with Crippen molar-refractivity contribution in [2.24, 2.45) is 17.8 Å². The number of benzene rings is 1. The molecule has 0 aliphatic carbocycles. The number of likely N-dealkylation sites (tertiary alicyclic amines) is 1. The Morgan fingerprint density at radius 2 is 1.94 bits per heavy atom. The van der Waals surface area contributed by atoms with Gasteiger partial charge in [-0.15, -0.1) is 11.8 Å². The molecule has 4 rings (SSSR count). The van der Waals surface area contributed by atoms with Crippen LogP contribution < -0.4 is 10.6 Å². The van der Waals surface area contributed by atoms with Crippen LogP contribution in [0.5, 0.6) is 0 Å². The average Bonchev–Trinajstić information content (AvgIpc) is 3.42. The number of anilines is 1. The lowest BCUT2D eigenvalue weighted by Gasteiger charge is -2.40. The first-order valence-corrected chi connectivity index (χ1v) is 13.5. The van der Waals surface area contributed by atoms with Crippen molar-refractivity contribution in [2.75, 3.05) is 18.5 Å². The molecule has 0 radical (unpaired) electrons. The molecule has 3 fully saturated rings. The van der Waals surface area contributed by atoms with Gasteiger partial charge in [0.25, 0.3) is 0 Å². The molecule has 1 aromatic carbocycles. The van der Waals surface area contributed by atoms with Crippen LogP contribution in [-0.4, -0.2) is 63.0 Å². The van der Waals surface area contributed by atoms with Crippen molar-refractivity contribution in [3.63, 3.8) is 0 Å². The van der Waals surface area contributed by atoms with Gasteiger partial charge in [-0.05, 0) is 37.3 Å². The number of nitrogens with one attached hydrogen (secondary N) is 2. The molecule has 3 amide bonds. The number of aliphatic hydroxyl groups is 1. The number of unbranched alkanes of at least 4 members (excludes halogenated alkanes) is 2. The summed E-state index contributed by atoms with van der Waals surface area (Å²) in [4.78, 5) is 42.7. The topological polar surface area (TPSA) is 98.7 Å². The van der Waals surface area contributed by atoms with Gasteiger partial charge in [0.2, 0.25) is 17.7 Å². The smallest absolute Gasteiger partial charge is 0.244 e. The van der Waals surface area contributed by atoms with Gasteiger partial charge in [0.05, 0.1) is 29.2 Å². The lowest BCUT2D eigenvalue weighted by Crippen LogP contribution is -2.58. The lowest BCUT2D eigenvalue weighted by atomic mass is 9.66. The van der Waals surface area contributed by atoms with Crippen molar-refractivity contribution in [3.05, 3.63) is 30.3 Å². The van der Waals surface area contributed by atoms with Crippen LogP contribution in [0.15, 0.2) is 30.3 Å². The fourth-order valence-corrected chi connectivity index (χ4v) is 8.70. The Balaban J connectivity index is 1.67. The Morgan fingerprint density at radius 3 is 2.59 bits per heavy atom. The number of thioether (sulfide) groups is 1. The highest BCUT2D eigenvalue weighted by molar-refractivity contribution is 8.02. The van der Waals surface area contributed by atoms with E-state index in [0.29, 0.717) is 18.7 Å². The van der Waals surface area contributed by atoms with Gasteiger partial charge in [-0.3, -0.25) is 14.4 Å². The zero-order valence-electron chi connectivity index (χ0n) is 20.3. The van der Waals surface area contributed by atoms with Gasteiger partial charge >= 0.3 is 0 Å². The number of fused-ring (bicyclic) bond motifs is 1. The Bertz CT molecular complexity index is 909. The Hall–Kier alpha value is -2.06. The van der Waals surface area contributed by atoms with Crippen LogP contribution in [-0.2, 0) is 14.4 Å². The number of amides is 3. The monoisotopic (exact) mass is 487 g/mol. The van der Waals surface area contributed by atoms with Crippen molar-refractivity contribution < 1.29 is 19.5 Å². The highest BCUT2D eigenvalue weighted by atomic mass is 32.2. The molecule has 3 aliphatic heterocycles. The first-order chi connectivity index (χ1) is 16.4. The van der Waals surface area contributed by atoms with E-state index in [4.69, 9.17) is 0 Å². The van der Waals surface area contributed by atoms with Gasteiger partial charge in [0.15, 0.2) is 0 Å². The number of carbonyl (C=O) groups is 3. The van der Waals surface area contributed by atoms with E-state index in [-0.39, 0.29) is 35.5 Å². The standard InChI is InChI=1S/C26H37N3O4S/c1-4-6-10-13-27-24(32)22-26-16(3)14-19(34-26)20(23(31)28-17-11-8-7-9-12-17)21(26)25(33)29(22)18(5-2)15-30/h7-9,11-12,16,18-22,30H,4-6,10,13-15H2,1-3H3,(H,27,32)(H,28,31)/t16?,18-,19+,20-,21-,22?,26?/m0/s1. The van der Waals surface area contributed by atoms with Crippen LogP contribution in [0.2, 0.25) is 0 Å². The van der Waals surface area contributed by atoms with E-state index in [1.165, 1.54) is 0 Å². The molecular formula is C26H37N3O4S. The predicted octanol–water partition coefficient (Wildman–Crippen LogP) is 3.04. The van der Waals surface area contributed by atoms with Crippen molar-refractivity contribution in [1.29, 1.82) is 0 Å². The lowest BCUT2D eigenvalue weighted by molar-refractivity contribution is -0.142. The number of carbonyl (C=O) groups excluding carboxylic acids is 3. The molecule has 7 nitrogen and oxygen atoms in total. The van der Waals surface area contributed by atoms with E-state index in [2.05, 4.69) is 24.5 Å². The number of para-hydroxylation sites is 1. The second-order valence-corrected chi connectivity index (χ2v) is 11.4. The fraction of sp³-hybridized carbons (Fsp3) is 0.654. The molecule has 0 aromatic heterocycles. The molecule has 7 atom stereocenters. The minimum Gasteiger partial charge on any atom is -0.394 e. The summed E-state index contributed by atoms with van der Waals surface area (Å²) in [5.74, 6) is -1.42. The van der Waals surface area contributed by atoms with Crippen LogP contribution in [0.3, 0.4) is 0 Å². The van der Waals surface area contributed by atoms with Crippen LogP contribution >= 0.6 is 11.8 Å². The largest absolute Gasteiger partial charge is 0.394 e. The van der Waals surface area contributed by atoms with Crippen LogP contribution in [0.4, 0.5) is 5.69 Å². The minimum atomic E-state index is -0.678. The highest BCUT2D eigenvalue weighted by Gasteiger charge is 2.76. The maximum atomic E-state index is 14.0. The zero-order chi connectivity index (χ0) is 24.5. The SMILES string of the molecule is CCCCCNC(=O)C1N([C@@H](CC)CO)C(=O)[C@@H]2[C@@H](C(=O)Nc3ccccc3)[C@H]3CC(C)C12S3. The first-order valence-electron chi connectivity index (χ1n) is 12.6. The number of rotatable bonds is 10. The van der Waals surface area contributed by atoms with E-state index in [1.807, 2.05) is 37.3 Å². The summed E-state index contributed by atoms with van der Waals surface area (Å²) in [7, 11) is 0. The number of nitrogens with zero attached hydrogens (tertiary/aromatic N) is 1. The van der Waals surface area contributed by atoms with Gasteiger partial charge < -0.3 is 20.6 Å². The maximum Gasteiger partial charge on any atom is 0.244 e. The van der Waals surface area contributed by atoms with Crippen molar-refractivity contribution in [2.45, 2.75) is 75.0 Å². The molecule has 3 unspecified atom stereocenters. The van der Waals surface area contributed by atoms with E-state index in [9.17, 15) is 19.5 Å². The molecule has 2 bridgehead atoms. The summed E-state index contributed by atoms with van der Waals surface area (Å²) in [5, 5.41) is 16.2. The molecule has 186 valence electrons. The normalized spacial score (nSPS) is 32.5. The van der Waals surface area contributed by atoms with E-state index in [0.717, 1.165) is 25.7 Å². The summed E-state index contributed by atoms with van der Waals surface area (Å²) in [5.41, 5.74) is 0.705. The van der Waals surface area contributed by atoms with Gasteiger partial charge in [-0.25, -0.2) is 0 Å².